The highest BCUT2D eigenvalue weighted by Gasteiger charge is 2.67. The fourth-order valence-electron chi connectivity index (χ4n) is 2.44. The highest BCUT2D eigenvalue weighted by atomic mass is 32.2. The van der Waals surface area contributed by atoms with Gasteiger partial charge in [0.25, 0.3) is 0 Å². The molecule has 1 aromatic carbocycles. The molecule has 4 nitrogen and oxygen atoms in total. The van der Waals surface area contributed by atoms with Gasteiger partial charge in [-0.05, 0) is 17.7 Å². The zero-order valence-corrected chi connectivity index (χ0v) is 10.1. The van der Waals surface area contributed by atoms with E-state index in [9.17, 15) is 17.9 Å². The van der Waals surface area contributed by atoms with Crippen molar-refractivity contribution in [3.63, 3.8) is 0 Å². The molecule has 0 aliphatic heterocycles. The predicted molar refractivity (Wildman–Crippen MR) is 61.8 cm³/mol. The lowest BCUT2D eigenvalue weighted by Gasteiger charge is -2.06. The van der Waals surface area contributed by atoms with Gasteiger partial charge in [-0.15, -0.1) is 0 Å². The Bertz CT molecular complexity index is 545. The maximum absolute atomic E-state index is 13.1. The lowest BCUT2D eigenvalue weighted by Crippen LogP contribution is -2.34. The summed E-state index contributed by atoms with van der Waals surface area (Å²) in [6.45, 7) is -0.439. The Kier molecular flexibility index (Phi) is 2.76. The lowest BCUT2D eigenvalue weighted by molar-refractivity contribution is 0.253. The Balaban J connectivity index is 2.41. The van der Waals surface area contributed by atoms with Gasteiger partial charge in [0, 0.05) is 12.2 Å². The number of aliphatic hydroxyl groups is 1. The van der Waals surface area contributed by atoms with Crippen molar-refractivity contribution in [1.82, 2.24) is 0 Å². The summed E-state index contributed by atoms with van der Waals surface area (Å²) in [5.74, 6) is -0.986. The first-order valence-corrected chi connectivity index (χ1v) is 7.10. The molecule has 17 heavy (non-hydrogen) atoms. The molecule has 1 aromatic rings. The molecule has 1 fully saturated rings. The van der Waals surface area contributed by atoms with Gasteiger partial charge in [-0.1, -0.05) is 12.1 Å². The zero-order valence-electron chi connectivity index (χ0n) is 9.30. The first kappa shape index (κ1) is 12.5. The second-order valence-corrected chi connectivity index (χ2v) is 6.72. The van der Waals surface area contributed by atoms with Crippen LogP contribution in [0.5, 0.6) is 0 Å². The Morgan fingerprint density at radius 1 is 1.53 bits per heavy atom. The maximum Gasteiger partial charge on any atom is 0.152 e. The molecule has 94 valence electrons. The minimum absolute atomic E-state index is 0.439. The maximum atomic E-state index is 13.1. The Morgan fingerprint density at radius 2 is 2.18 bits per heavy atom. The molecule has 0 unspecified atom stereocenters. The fraction of sp³-hybridized carbons (Fsp3) is 0.455. The molecule has 0 aromatic heterocycles. The quantitative estimate of drug-likeness (QED) is 0.802. The number of halogens is 1. The van der Waals surface area contributed by atoms with E-state index >= 15 is 0 Å². The van der Waals surface area contributed by atoms with E-state index in [1.165, 1.54) is 18.2 Å². The predicted octanol–water partition coefficient (Wildman–Crippen LogP) is 0.0259. The fourth-order valence-corrected chi connectivity index (χ4v) is 4.29. The molecule has 2 rings (SSSR count). The van der Waals surface area contributed by atoms with Gasteiger partial charge in [0.15, 0.2) is 9.84 Å². The number of benzene rings is 1. The van der Waals surface area contributed by atoms with Crippen molar-refractivity contribution in [2.24, 2.45) is 5.73 Å². The molecular formula is C11H14FNO3S. The Labute approximate surface area is 99.2 Å². The first-order valence-electron chi connectivity index (χ1n) is 5.15. The van der Waals surface area contributed by atoms with Crippen molar-refractivity contribution in [1.29, 1.82) is 0 Å². The summed E-state index contributed by atoms with van der Waals surface area (Å²) in [7, 11) is -3.37. The topological polar surface area (TPSA) is 80.4 Å². The average Bonchev–Trinajstić information content (AvgIpc) is 2.86. The van der Waals surface area contributed by atoms with Gasteiger partial charge in [0.05, 0.1) is 17.4 Å². The van der Waals surface area contributed by atoms with Crippen molar-refractivity contribution in [3.05, 3.63) is 35.6 Å². The van der Waals surface area contributed by atoms with Crippen molar-refractivity contribution in [2.45, 2.75) is 16.7 Å². The third kappa shape index (κ3) is 1.96. The van der Waals surface area contributed by atoms with Crippen LogP contribution in [0.1, 0.15) is 11.5 Å². The van der Waals surface area contributed by atoms with E-state index < -0.39 is 39.0 Å². The van der Waals surface area contributed by atoms with Crippen molar-refractivity contribution < 1.29 is 17.9 Å². The number of nitrogens with two attached hydrogens (primary N) is 1. The smallest absolute Gasteiger partial charge is 0.152 e. The average molecular weight is 259 g/mol. The molecule has 6 heteroatoms. The first-order chi connectivity index (χ1) is 7.80. The number of sulfone groups is 1. The normalized spacial score (nSPS) is 32.5. The van der Waals surface area contributed by atoms with Gasteiger partial charge < -0.3 is 10.8 Å². The molecule has 0 radical (unpaired) electrons. The van der Waals surface area contributed by atoms with Crippen molar-refractivity contribution >= 4 is 9.84 Å². The summed E-state index contributed by atoms with van der Waals surface area (Å²) >= 11 is 0. The largest absolute Gasteiger partial charge is 0.394 e. The highest BCUT2D eigenvalue weighted by Crippen LogP contribution is 2.53. The summed E-state index contributed by atoms with van der Waals surface area (Å²) in [6, 6.07) is 5.65. The van der Waals surface area contributed by atoms with Crippen LogP contribution in [-0.2, 0) is 9.84 Å². The van der Waals surface area contributed by atoms with Crippen LogP contribution in [0.3, 0.4) is 0 Å². The Hall–Kier alpha value is -0.980. The lowest BCUT2D eigenvalue weighted by atomic mass is 10.1. The van der Waals surface area contributed by atoms with Crippen LogP contribution in [0.25, 0.3) is 0 Å². The van der Waals surface area contributed by atoms with Crippen LogP contribution in [-0.4, -0.2) is 37.2 Å². The molecule has 0 amide bonds. The molecule has 1 aliphatic rings. The van der Waals surface area contributed by atoms with Crippen LogP contribution in [0, 0.1) is 5.82 Å². The molecule has 0 saturated heterocycles. The summed E-state index contributed by atoms with van der Waals surface area (Å²) in [6.07, 6.45) is 1.08. The van der Waals surface area contributed by atoms with Gasteiger partial charge in [-0.3, -0.25) is 0 Å². The van der Waals surface area contributed by atoms with Crippen LogP contribution in [0.15, 0.2) is 24.3 Å². The Morgan fingerprint density at radius 3 is 2.59 bits per heavy atom. The van der Waals surface area contributed by atoms with Gasteiger partial charge in [0.1, 0.15) is 5.82 Å². The molecule has 1 aliphatic carbocycles. The molecule has 1 saturated carbocycles. The van der Waals surface area contributed by atoms with Gasteiger partial charge in [-0.25, -0.2) is 12.8 Å². The minimum atomic E-state index is -3.37. The van der Waals surface area contributed by atoms with E-state index in [1.54, 1.807) is 6.07 Å². The van der Waals surface area contributed by atoms with E-state index in [4.69, 9.17) is 5.73 Å². The second kappa shape index (κ2) is 3.76. The molecule has 3 atom stereocenters. The SMILES string of the molecule is CS(=O)(=O)[C@@H]1[C@@H](c2cccc(F)c2)[C@@]1(N)CO. The molecule has 0 bridgehead atoms. The highest BCUT2D eigenvalue weighted by molar-refractivity contribution is 7.91. The van der Waals surface area contributed by atoms with E-state index in [1.807, 2.05) is 0 Å². The minimum Gasteiger partial charge on any atom is -0.394 e. The second-order valence-electron chi connectivity index (χ2n) is 4.55. The van der Waals surface area contributed by atoms with Crippen LogP contribution in [0.2, 0.25) is 0 Å². The number of aliphatic hydroxyl groups excluding tert-OH is 1. The molecule has 3 N–H and O–H groups in total. The number of hydrogen-bond acceptors (Lipinski definition) is 4. The summed E-state index contributed by atoms with van der Waals surface area (Å²) in [5.41, 5.74) is 5.17. The van der Waals surface area contributed by atoms with Crippen molar-refractivity contribution in [3.8, 4) is 0 Å². The van der Waals surface area contributed by atoms with E-state index in [2.05, 4.69) is 0 Å². The third-order valence-corrected chi connectivity index (χ3v) is 4.88. The van der Waals surface area contributed by atoms with E-state index in [-0.39, 0.29) is 0 Å². The number of rotatable bonds is 3. The van der Waals surface area contributed by atoms with Gasteiger partial charge in [-0.2, -0.15) is 0 Å². The summed E-state index contributed by atoms with van der Waals surface area (Å²) in [4.78, 5) is 0. The zero-order chi connectivity index (χ0) is 12.8. The molecule has 0 heterocycles. The monoisotopic (exact) mass is 259 g/mol. The number of hydrogen-bond donors (Lipinski definition) is 2. The van der Waals surface area contributed by atoms with Crippen LogP contribution < -0.4 is 5.73 Å². The van der Waals surface area contributed by atoms with E-state index in [0.717, 1.165) is 6.26 Å². The van der Waals surface area contributed by atoms with E-state index in [0.29, 0.717) is 5.56 Å². The van der Waals surface area contributed by atoms with Crippen molar-refractivity contribution in [2.75, 3.05) is 12.9 Å². The standard InChI is InChI=1S/C11H14FNO3S/c1-17(15,16)10-9(11(10,13)6-14)7-3-2-4-8(12)5-7/h2-5,9-10,14H,6,13H2,1H3/t9-,10-,11+/m1/s1. The third-order valence-electron chi connectivity index (χ3n) is 3.25. The molecule has 0 spiro atoms. The summed E-state index contributed by atoms with van der Waals surface area (Å²) in [5, 5.41) is 8.37. The van der Waals surface area contributed by atoms with Crippen LogP contribution >= 0.6 is 0 Å². The summed E-state index contributed by atoms with van der Waals surface area (Å²) < 4.78 is 36.2. The van der Waals surface area contributed by atoms with Gasteiger partial charge in [0.2, 0.25) is 0 Å². The molecular weight excluding hydrogens is 245 g/mol. The van der Waals surface area contributed by atoms with Gasteiger partial charge >= 0.3 is 0 Å². The van der Waals surface area contributed by atoms with Crippen LogP contribution in [0.4, 0.5) is 4.39 Å².